The van der Waals surface area contributed by atoms with Gasteiger partial charge in [-0.25, -0.2) is 0 Å². The van der Waals surface area contributed by atoms with Crippen LogP contribution in [0.25, 0.3) is 0 Å². The minimum Gasteiger partial charge on any atom is -0.294 e. The largest absolute Gasteiger partial charge is 0.294 e. The van der Waals surface area contributed by atoms with Crippen molar-refractivity contribution in [3.8, 4) is 0 Å². The number of carbonyl (C=O) groups is 1. The van der Waals surface area contributed by atoms with Gasteiger partial charge in [-0.3, -0.25) is 14.9 Å². The number of fused-ring (bicyclic) bond motifs is 1. The Morgan fingerprint density at radius 3 is 2.79 bits per heavy atom. The molecule has 0 saturated carbocycles. The van der Waals surface area contributed by atoms with Crippen molar-refractivity contribution in [3.05, 3.63) is 39.4 Å². The quantitative estimate of drug-likeness (QED) is 0.504. The zero-order valence-corrected chi connectivity index (χ0v) is 7.53. The lowest BCUT2D eigenvalue weighted by Gasteiger charge is -2.13. The molecule has 0 aliphatic heterocycles. The van der Waals surface area contributed by atoms with E-state index in [1.54, 1.807) is 6.07 Å². The zero-order chi connectivity index (χ0) is 10.1. The number of hydrogen-bond acceptors (Lipinski definition) is 3. The molecule has 0 atom stereocenters. The van der Waals surface area contributed by atoms with Gasteiger partial charge in [0.1, 0.15) is 0 Å². The predicted octanol–water partition coefficient (Wildman–Crippen LogP) is 2.11. The van der Waals surface area contributed by atoms with Crippen LogP contribution < -0.4 is 0 Å². The maximum absolute atomic E-state index is 11.4. The van der Waals surface area contributed by atoms with E-state index in [1.165, 1.54) is 12.1 Å². The predicted molar refractivity (Wildman–Crippen MR) is 50.4 cm³/mol. The van der Waals surface area contributed by atoms with E-state index in [1.807, 2.05) is 0 Å². The van der Waals surface area contributed by atoms with Gasteiger partial charge in [-0.1, -0.05) is 0 Å². The fourth-order valence-corrected chi connectivity index (χ4v) is 1.75. The van der Waals surface area contributed by atoms with Gasteiger partial charge < -0.3 is 0 Å². The van der Waals surface area contributed by atoms with Crippen molar-refractivity contribution < 1.29 is 9.72 Å². The summed E-state index contributed by atoms with van der Waals surface area (Å²) in [5, 5.41) is 10.5. The van der Waals surface area contributed by atoms with Crippen LogP contribution in [-0.4, -0.2) is 10.7 Å². The summed E-state index contributed by atoms with van der Waals surface area (Å²) in [6.45, 7) is 0. The first-order valence-electron chi connectivity index (χ1n) is 4.49. The van der Waals surface area contributed by atoms with Crippen LogP contribution in [0, 0.1) is 10.1 Å². The molecule has 1 aromatic carbocycles. The summed E-state index contributed by atoms with van der Waals surface area (Å²) in [6.07, 6.45) is 2.13. The smallest absolute Gasteiger partial charge is 0.269 e. The number of hydrogen-bond donors (Lipinski definition) is 0. The van der Waals surface area contributed by atoms with E-state index >= 15 is 0 Å². The lowest BCUT2D eigenvalue weighted by atomic mass is 9.90. The molecular formula is C10H9NO3. The molecule has 0 radical (unpaired) electrons. The number of Topliss-reactive ketones (excluding diaryl/α,β-unsaturated/α-hetero) is 1. The van der Waals surface area contributed by atoms with Gasteiger partial charge in [-0.15, -0.1) is 0 Å². The SMILES string of the molecule is O=C1CCCc2cc([N+](=O)[O-])ccc21. The molecule has 4 heteroatoms. The van der Waals surface area contributed by atoms with E-state index < -0.39 is 4.92 Å². The van der Waals surface area contributed by atoms with E-state index in [2.05, 4.69) is 0 Å². The van der Waals surface area contributed by atoms with E-state index in [9.17, 15) is 14.9 Å². The third-order valence-electron chi connectivity index (χ3n) is 2.45. The van der Waals surface area contributed by atoms with Crippen LogP contribution in [0.15, 0.2) is 18.2 Å². The van der Waals surface area contributed by atoms with Crippen molar-refractivity contribution >= 4 is 11.5 Å². The van der Waals surface area contributed by atoms with Crippen molar-refractivity contribution in [2.24, 2.45) is 0 Å². The van der Waals surface area contributed by atoms with Gasteiger partial charge in [0.05, 0.1) is 4.92 Å². The number of nitrogens with zero attached hydrogens (tertiary/aromatic N) is 1. The summed E-state index contributed by atoms with van der Waals surface area (Å²) < 4.78 is 0. The van der Waals surface area contributed by atoms with E-state index in [0.29, 0.717) is 12.0 Å². The van der Waals surface area contributed by atoms with Crippen molar-refractivity contribution in [2.75, 3.05) is 0 Å². The Morgan fingerprint density at radius 1 is 1.29 bits per heavy atom. The molecule has 0 amide bonds. The highest BCUT2D eigenvalue weighted by atomic mass is 16.6. The van der Waals surface area contributed by atoms with E-state index in [0.717, 1.165) is 18.4 Å². The molecule has 4 nitrogen and oxygen atoms in total. The average molecular weight is 191 g/mol. The summed E-state index contributed by atoms with van der Waals surface area (Å²) >= 11 is 0. The molecule has 0 unspecified atom stereocenters. The van der Waals surface area contributed by atoms with Gasteiger partial charge in [-0.05, 0) is 24.5 Å². The summed E-state index contributed by atoms with van der Waals surface area (Å²) in [7, 11) is 0. The van der Waals surface area contributed by atoms with Crippen LogP contribution >= 0.6 is 0 Å². The summed E-state index contributed by atoms with van der Waals surface area (Å²) in [6, 6.07) is 4.46. The number of rotatable bonds is 1. The number of ketones is 1. The first kappa shape index (κ1) is 8.87. The molecule has 2 rings (SSSR count). The first-order valence-corrected chi connectivity index (χ1v) is 4.49. The Kier molecular flexibility index (Phi) is 2.04. The summed E-state index contributed by atoms with van der Waals surface area (Å²) in [4.78, 5) is 21.5. The molecule has 0 spiro atoms. The van der Waals surface area contributed by atoms with Crippen LogP contribution in [-0.2, 0) is 6.42 Å². The third kappa shape index (κ3) is 1.39. The molecule has 0 heterocycles. The molecular weight excluding hydrogens is 182 g/mol. The van der Waals surface area contributed by atoms with Gasteiger partial charge >= 0.3 is 0 Å². The van der Waals surface area contributed by atoms with Crippen LogP contribution in [0.1, 0.15) is 28.8 Å². The molecule has 0 bridgehead atoms. The molecule has 0 aromatic heterocycles. The second-order valence-corrected chi connectivity index (χ2v) is 3.38. The Bertz CT molecular complexity index is 412. The van der Waals surface area contributed by atoms with Gasteiger partial charge in [0.25, 0.3) is 5.69 Å². The molecule has 14 heavy (non-hydrogen) atoms. The first-order chi connectivity index (χ1) is 6.68. The van der Waals surface area contributed by atoms with Gasteiger partial charge in [0.15, 0.2) is 5.78 Å². The Morgan fingerprint density at radius 2 is 2.07 bits per heavy atom. The molecule has 1 aromatic rings. The highest BCUT2D eigenvalue weighted by Crippen LogP contribution is 2.24. The highest BCUT2D eigenvalue weighted by Gasteiger charge is 2.19. The van der Waals surface area contributed by atoms with Crippen LogP contribution in [0.5, 0.6) is 0 Å². The van der Waals surface area contributed by atoms with Crippen LogP contribution in [0.3, 0.4) is 0 Å². The highest BCUT2D eigenvalue weighted by molar-refractivity contribution is 5.98. The average Bonchev–Trinajstić information content (AvgIpc) is 2.17. The third-order valence-corrected chi connectivity index (χ3v) is 2.45. The van der Waals surface area contributed by atoms with E-state index in [-0.39, 0.29) is 11.5 Å². The van der Waals surface area contributed by atoms with Crippen molar-refractivity contribution in [1.29, 1.82) is 0 Å². The molecule has 0 fully saturated rings. The second-order valence-electron chi connectivity index (χ2n) is 3.38. The topological polar surface area (TPSA) is 60.2 Å². The maximum atomic E-state index is 11.4. The number of nitro benzene ring substituents is 1. The van der Waals surface area contributed by atoms with Gasteiger partial charge in [0.2, 0.25) is 0 Å². The zero-order valence-electron chi connectivity index (χ0n) is 7.53. The number of non-ortho nitro benzene ring substituents is 1. The van der Waals surface area contributed by atoms with Gasteiger partial charge in [0, 0.05) is 24.1 Å². The molecule has 0 saturated heterocycles. The Balaban J connectivity index is 2.49. The Labute approximate surface area is 80.7 Å². The number of carbonyl (C=O) groups excluding carboxylic acids is 1. The molecule has 1 aliphatic rings. The molecule has 72 valence electrons. The standard InChI is InChI=1S/C10H9NO3/c12-10-3-1-2-7-6-8(11(13)14)4-5-9(7)10/h4-6H,1-3H2. The fourth-order valence-electron chi connectivity index (χ4n) is 1.75. The molecule has 1 aliphatic carbocycles. The van der Waals surface area contributed by atoms with Crippen molar-refractivity contribution in [1.82, 2.24) is 0 Å². The normalized spacial score (nSPS) is 15.0. The Hall–Kier alpha value is -1.71. The minimum absolute atomic E-state index is 0.0680. The monoisotopic (exact) mass is 191 g/mol. The maximum Gasteiger partial charge on any atom is 0.269 e. The number of aryl methyl sites for hydroxylation is 1. The van der Waals surface area contributed by atoms with Crippen molar-refractivity contribution in [2.45, 2.75) is 19.3 Å². The summed E-state index contributed by atoms with van der Waals surface area (Å²) in [5.41, 5.74) is 1.54. The fraction of sp³-hybridized carbons (Fsp3) is 0.300. The number of benzene rings is 1. The minimum atomic E-state index is -0.431. The lowest BCUT2D eigenvalue weighted by Crippen LogP contribution is -2.10. The number of nitro groups is 1. The second kappa shape index (κ2) is 3.21. The van der Waals surface area contributed by atoms with Gasteiger partial charge in [-0.2, -0.15) is 0 Å². The lowest BCUT2D eigenvalue weighted by molar-refractivity contribution is -0.384. The van der Waals surface area contributed by atoms with E-state index in [4.69, 9.17) is 0 Å². The molecule has 0 N–H and O–H groups in total. The van der Waals surface area contributed by atoms with Crippen LogP contribution in [0.4, 0.5) is 5.69 Å². The van der Waals surface area contributed by atoms with Crippen LogP contribution in [0.2, 0.25) is 0 Å². The summed E-state index contributed by atoms with van der Waals surface area (Å²) in [5.74, 6) is 0.0983. The van der Waals surface area contributed by atoms with Crippen molar-refractivity contribution in [3.63, 3.8) is 0 Å².